The molecule has 0 bridgehead atoms. The Kier molecular flexibility index (Phi) is 3.64. The second-order valence-electron chi connectivity index (χ2n) is 3.09. The summed E-state index contributed by atoms with van der Waals surface area (Å²) in [7, 11) is 2.64. The number of ether oxygens (including phenoxy) is 2. The Balaban J connectivity index is 3.13. The summed E-state index contributed by atoms with van der Waals surface area (Å²) >= 11 is 0. The Morgan fingerprint density at radius 3 is 1.81 bits per heavy atom. The van der Waals surface area contributed by atoms with Crippen molar-refractivity contribution in [1.29, 1.82) is 0 Å². The molecule has 0 aliphatic rings. The molecule has 1 aromatic rings. The first-order valence-corrected chi connectivity index (χ1v) is 4.36. The molecule has 0 aliphatic heterocycles. The van der Waals surface area contributed by atoms with Gasteiger partial charge in [-0.1, -0.05) is 0 Å². The molecular formula is C10H11F3O3. The summed E-state index contributed by atoms with van der Waals surface area (Å²) in [6.07, 6.45) is -7.26. The van der Waals surface area contributed by atoms with Crippen LogP contribution in [0.2, 0.25) is 0 Å². The third-order valence-electron chi connectivity index (χ3n) is 2.00. The maximum atomic E-state index is 12.3. The Labute approximate surface area is 90.4 Å². The molecule has 1 N–H and O–H groups in total. The quantitative estimate of drug-likeness (QED) is 0.875. The van der Waals surface area contributed by atoms with Crippen LogP contribution in [0.5, 0.6) is 11.5 Å². The highest BCUT2D eigenvalue weighted by Crippen LogP contribution is 2.35. The summed E-state index contributed by atoms with van der Waals surface area (Å²) in [6, 6.07) is 3.65. The fourth-order valence-corrected chi connectivity index (χ4v) is 1.18. The molecule has 6 heteroatoms. The molecule has 0 aromatic heterocycles. The van der Waals surface area contributed by atoms with Gasteiger partial charge in [-0.3, -0.25) is 0 Å². The Morgan fingerprint density at radius 2 is 1.50 bits per heavy atom. The van der Waals surface area contributed by atoms with Crippen molar-refractivity contribution < 1.29 is 27.8 Å². The highest BCUT2D eigenvalue weighted by atomic mass is 19.4. The SMILES string of the molecule is COc1cc(OC)cc([C@H](O)C(F)(F)F)c1. The van der Waals surface area contributed by atoms with E-state index in [1.54, 1.807) is 0 Å². The average Bonchev–Trinajstić information content (AvgIpc) is 2.26. The second-order valence-corrected chi connectivity index (χ2v) is 3.09. The van der Waals surface area contributed by atoms with Crippen molar-refractivity contribution in [2.75, 3.05) is 14.2 Å². The Hall–Kier alpha value is -1.43. The van der Waals surface area contributed by atoms with Crippen molar-refractivity contribution in [3.8, 4) is 11.5 Å². The van der Waals surface area contributed by atoms with Gasteiger partial charge < -0.3 is 14.6 Å². The molecule has 1 atom stereocenters. The van der Waals surface area contributed by atoms with E-state index in [1.807, 2.05) is 0 Å². The van der Waals surface area contributed by atoms with Crippen molar-refractivity contribution in [3.05, 3.63) is 23.8 Å². The van der Waals surface area contributed by atoms with Crippen molar-refractivity contribution in [2.45, 2.75) is 12.3 Å². The van der Waals surface area contributed by atoms with Crippen molar-refractivity contribution >= 4 is 0 Å². The van der Waals surface area contributed by atoms with Gasteiger partial charge in [0.25, 0.3) is 0 Å². The van der Waals surface area contributed by atoms with E-state index in [1.165, 1.54) is 20.3 Å². The first-order chi connectivity index (χ1) is 7.38. The van der Waals surface area contributed by atoms with Gasteiger partial charge in [0.1, 0.15) is 11.5 Å². The molecular weight excluding hydrogens is 225 g/mol. The number of hydrogen-bond acceptors (Lipinski definition) is 3. The standard InChI is InChI=1S/C10H11F3O3/c1-15-7-3-6(4-8(5-7)16-2)9(14)10(11,12)13/h3-5,9,14H,1-2H3/t9-/m0/s1. The third-order valence-corrected chi connectivity index (χ3v) is 2.00. The van der Waals surface area contributed by atoms with Crippen LogP contribution in [0.15, 0.2) is 18.2 Å². The monoisotopic (exact) mass is 236 g/mol. The lowest BCUT2D eigenvalue weighted by atomic mass is 10.1. The van der Waals surface area contributed by atoms with Gasteiger partial charge in [0.2, 0.25) is 0 Å². The molecule has 0 fully saturated rings. The first kappa shape index (κ1) is 12.6. The zero-order valence-electron chi connectivity index (χ0n) is 8.71. The van der Waals surface area contributed by atoms with E-state index in [4.69, 9.17) is 14.6 Å². The topological polar surface area (TPSA) is 38.7 Å². The highest BCUT2D eigenvalue weighted by molar-refractivity contribution is 5.39. The molecule has 0 amide bonds. The zero-order valence-corrected chi connectivity index (χ0v) is 8.71. The molecule has 0 heterocycles. The van der Waals surface area contributed by atoms with E-state index in [2.05, 4.69) is 0 Å². The first-order valence-electron chi connectivity index (χ1n) is 4.36. The lowest BCUT2D eigenvalue weighted by Crippen LogP contribution is -2.20. The van der Waals surface area contributed by atoms with Gasteiger partial charge in [-0.05, 0) is 17.7 Å². The number of benzene rings is 1. The maximum absolute atomic E-state index is 12.3. The van der Waals surface area contributed by atoms with Gasteiger partial charge in [0.15, 0.2) is 6.10 Å². The van der Waals surface area contributed by atoms with Crippen LogP contribution in [-0.2, 0) is 0 Å². The smallest absolute Gasteiger partial charge is 0.418 e. The zero-order chi connectivity index (χ0) is 12.3. The van der Waals surface area contributed by atoms with Crippen LogP contribution in [-0.4, -0.2) is 25.5 Å². The van der Waals surface area contributed by atoms with Gasteiger partial charge >= 0.3 is 6.18 Å². The summed E-state index contributed by atoms with van der Waals surface area (Å²) in [4.78, 5) is 0. The van der Waals surface area contributed by atoms with E-state index < -0.39 is 12.3 Å². The van der Waals surface area contributed by atoms with Gasteiger partial charge in [-0.2, -0.15) is 13.2 Å². The van der Waals surface area contributed by atoms with Gasteiger partial charge in [-0.15, -0.1) is 0 Å². The predicted molar refractivity (Wildman–Crippen MR) is 50.6 cm³/mol. The van der Waals surface area contributed by atoms with Crippen LogP contribution >= 0.6 is 0 Å². The number of rotatable bonds is 3. The van der Waals surface area contributed by atoms with Crippen LogP contribution < -0.4 is 9.47 Å². The minimum Gasteiger partial charge on any atom is -0.497 e. The molecule has 0 spiro atoms. The number of hydrogen-bond donors (Lipinski definition) is 1. The molecule has 0 unspecified atom stereocenters. The predicted octanol–water partition coefficient (Wildman–Crippen LogP) is 2.30. The molecule has 0 radical (unpaired) electrons. The average molecular weight is 236 g/mol. The molecule has 1 aromatic carbocycles. The van der Waals surface area contributed by atoms with E-state index >= 15 is 0 Å². The molecule has 3 nitrogen and oxygen atoms in total. The molecule has 0 aliphatic carbocycles. The van der Waals surface area contributed by atoms with Crippen LogP contribution in [0, 0.1) is 0 Å². The van der Waals surface area contributed by atoms with Crippen LogP contribution in [0.4, 0.5) is 13.2 Å². The highest BCUT2D eigenvalue weighted by Gasteiger charge is 2.39. The number of aliphatic hydroxyl groups excluding tert-OH is 1. The van der Waals surface area contributed by atoms with Crippen LogP contribution in [0.25, 0.3) is 0 Å². The van der Waals surface area contributed by atoms with Gasteiger partial charge in [-0.25, -0.2) is 0 Å². The Morgan fingerprint density at radius 1 is 1.06 bits per heavy atom. The molecule has 0 saturated carbocycles. The largest absolute Gasteiger partial charge is 0.497 e. The summed E-state index contributed by atoms with van der Waals surface area (Å²) in [5.41, 5.74) is -0.316. The number of alkyl halides is 3. The van der Waals surface area contributed by atoms with Crippen molar-refractivity contribution in [3.63, 3.8) is 0 Å². The van der Waals surface area contributed by atoms with Crippen molar-refractivity contribution in [2.24, 2.45) is 0 Å². The number of methoxy groups -OCH3 is 2. The third kappa shape index (κ3) is 2.79. The van der Waals surface area contributed by atoms with Gasteiger partial charge in [0, 0.05) is 6.07 Å². The summed E-state index contributed by atoms with van der Waals surface area (Å²) in [5, 5.41) is 9.06. The van der Waals surface area contributed by atoms with Crippen LogP contribution in [0.1, 0.15) is 11.7 Å². The van der Waals surface area contributed by atoms with E-state index in [0.717, 1.165) is 12.1 Å². The number of halogens is 3. The Bertz CT molecular complexity index is 341. The summed E-state index contributed by atoms with van der Waals surface area (Å²) < 4.78 is 46.4. The minimum atomic E-state index is -4.71. The lowest BCUT2D eigenvalue weighted by molar-refractivity contribution is -0.206. The maximum Gasteiger partial charge on any atom is 0.418 e. The van der Waals surface area contributed by atoms with E-state index in [0.29, 0.717) is 0 Å². The molecule has 0 saturated heterocycles. The van der Waals surface area contributed by atoms with E-state index in [-0.39, 0.29) is 17.1 Å². The fourth-order valence-electron chi connectivity index (χ4n) is 1.18. The molecule has 16 heavy (non-hydrogen) atoms. The summed E-state index contributed by atoms with van der Waals surface area (Å²) in [6.45, 7) is 0. The van der Waals surface area contributed by atoms with Gasteiger partial charge in [0.05, 0.1) is 14.2 Å². The number of aliphatic hydroxyl groups is 1. The molecule has 90 valence electrons. The van der Waals surface area contributed by atoms with Crippen molar-refractivity contribution in [1.82, 2.24) is 0 Å². The normalized spacial score (nSPS) is 13.4. The van der Waals surface area contributed by atoms with Crippen LogP contribution in [0.3, 0.4) is 0 Å². The molecule has 1 rings (SSSR count). The second kappa shape index (κ2) is 4.61. The minimum absolute atomic E-state index is 0.192. The summed E-state index contributed by atoms with van der Waals surface area (Å²) in [5.74, 6) is 0.385. The lowest BCUT2D eigenvalue weighted by Gasteiger charge is -2.16. The fraction of sp³-hybridized carbons (Fsp3) is 0.400. The van der Waals surface area contributed by atoms with E-state index in [9.17, 15) is 13.2 Å².